The summed E-state index contributed by atoms with van der Waals surface area (Å²) < 4.78 is 22.5. The molecule has 170 valence electrons. The van der Waals surface area contributed by atoms with Crippen LogP contribution >= 0.6 is 11.3 Å². The van der Waals surface area contributed by atoms with Gasteiger partial charge >= 0.3 is 0 Å². The normalized spacial score (nSPS) is 14.3. The molecule has 0 bridgehead atoms. The van der Waals surface area contributed by atoms with Crippen LogP contribution in [0.4, 0.5) is 5.13 Å². The Balaban J connectivity index is 1.69. The fraction of sp³-hybridized carbons (Fsp3) is 0.391. The van der Waals surface area contributed by atoms with Crippen molar-refractivity contribution in [3.63, 3.8) is 0 Å². The lowest BCUT2D eigenvalue weighted by atomic mass is 10.2. The Hall–Kier alpha value is -2.88. The highest BCUT2D eigenvalue weighted by molar-refractivity contribution is 7.22. The SMILES string of the molecule is COc1ccc(C(=O)N(CCN2CCOCC2)c2nc3c(OC)ccc(OC)c3s2)cc1. The molecule has 32 heavy (non-hydrogen) atoms. The van der Waals surface area contributed by atoms with Crippen LogP contribution in [0.15, 0.2) is 36.4 Å². The molecule has 1 amide bonds. The number of morpholine rings is 1. The summed E-state index contributed by atoms with van der Waals surface area (Å²) in [5.74, 6) is 1.94. The smallest absolute Gasteiger partial charge is 0.260 e. The zero-order valence-electron chi connectivity index (χ0n) is 18.5. The molecule has 0 N–H and O–H groups in total. The number of benzene rings is 2. The van der Waals surface area contributed by atoms with Crippen molar-refractivity contribution < 1.29 is 23.7 Å². The topological polar surface area (TPSA) is 73.4 Å². The van der Waals surface area contributed by atoms with Crippen molar-refractivity contribution >= 4 is 32.6 Å². The van der Waals surface area contributed by atoms with Crippen molar-refractivity contribution in [2.24, 2.45) is 0 Å². The summed E-state index contributed by atoms with van der Waals surface area (Å²) in [6.45, 7) is 4.37. The van der Waals surface area contributed by atoms with E-state index in [-0.39, 0.29) is 5.91 Å². The van der Waals surface area contributed by atoms with Crippen LogP contribution in [0.25, 0.3) is 10.2 Å². The average Bonchev–Trinajstić information content (AvgIpc) is 3.29. The van der Waals surface area contributed by atoms with E-state index in [4.69, 9.17) is 23.9 Å². The molecule has 2 heterocycles. The van der Waals surface area contributed by atoms with Gasteiger partial charge in [0.15, 0.2) is 5.13 Å². The van der Waals surface area contributed by atoms with Crippen LogP contribution in [0.2, 0.25) is 0 Å². The van der Waals surface area contributed by atoms with Gasteiger partial charge in [-0.05, 0) is 36.4 Å². The largest absolute Gasteiger partial charge is 0.497 e. The van der Waals surface area contributed by atoms with E-state index in [2.05, 4.69) is 4.90 Å². The third kappa shape index (κ3) is 4.64. The third-order valence-electron chi connectivity index (χ3n) is 5.46. The second kappa shape index (κ2) is 10.2. The van der Waals surface area contributed by atoms with E-state index < -0.39 is 0 Å². The molecule has 9 heteroatoms. The van der Waals surface area contributed by atoms with Gasteiger partial charge in [0, 0.05) is 31.7 Å². The summed E-state index contributed by atoms with van der Waals surface area (Å²) in [5.41, 5.74) is 1.26. The minimum Gasteiger partial charge on any atom is -0.497 e. The first-order valence-corrected chi connectivity index (χ1v) is 11.2. The average molecular weight is 458 g/mol. The molecule has 1 aromatic heterocycles. The molecule has 1 saturated heterocycles. The van der Waals surface area contributed by atoms with Gasteiger partial charge in [-0.1, -0.05) is 11.3 Å². The summed E-state index contributed by atoms with van der Waals surface area (Å²) >= 11 is 1.42. The van der Waals surface area contributed by atoms with Crippen LogP contribution in [-0.4, -0.2) is 76.5 Å². The molecule has 1 aliphatic rings. The second-order valence-electron chi connectivity index (χ2n) is 7.28. The summed E-state index contributed by atoms with van der Waals surface area (Å²) in [4.78, 5) is 22.4. The number of ether oxygens (including phenoxy) is 4. The number of amides is 1. The number of fused-ring (bicyclic) bond motifs is 1. The molecule has 1 fully saturated rings. The molecule has 0 saturated carbocycles. The minimum atomic E-state index is -0.113. The van der Waals surface area contributed by atoms with Gasteiger partial charge in [-0.25, -0.2) is 4.98 Å². The fourth-order valence-corrected chi connectivity index (χ4v) is 4.73. The second-order valence-corrected chi connectivity index (χ2v) is 8.26. The van der Waals surface area contributed by atoms with E-state index in [0.29, 0.717) is 53.2 Å². The van der Waals surface area contributed by atoms with Gasteiger partial charge in [0.2, 0.25) is 0 Å². The third-order valence-corrected chi connectivity index (χ3v) is 6.55. The van der Waals surface area contributed by atoms with Crippen LogP contribution in [0.3, 0.4) is 0 Å². The van der Waals surface area contributed by atoms with Crippen molar-refractivity contribution in [3.8, 4) is 17.2 Å². The maximum atomic E-state index is 13.5. The Morgan fingerprint density at radius 2 is 1.72 bits per heavy atom. The summed E-state index contributed by atoms with van der Waals surface area (Å²) in [6, 6.07) is 10.8. The molecular formula is C23H27N3O5S. The van der Waals surface area contributed by atoms with Crippen molar-refractivity contribution in [3.05, 3.63) is 42.0 Å². The van der Waals surface area contributed by atoms with E-state index >= 15 is 0 Å². The molecule has 0 spiro atoms. The minimum absolute atomic E-state index is 0.113. The van der Waals surface area contributed by atoms with E-state index in [1.807, 2.05) is 12.1 Å². The molecular weight excluding hydrogens is 430 g/mol. The van der Waals surface area contributed by atoms with E-state index in [0.717, 1.165) is 24.3 Å². The zero-order valence-corrected chi connectivity index (χ0v) is 19.3. The first-order valence-electron chi connectivity index (χ1n) is 10.4. The molecule has 2 aromatic carbocycles. The molecule has 0 radical (unpaired) electrons. The number of rotatable bonds is 8. The number of carbonyl (C=O) groups is 1. The number of hydrogen-bond donors (Lipinski definition) is 0. The van der Waals surface area contributed by atoms with E-state index in [1.54, 1.807) is 50.5 Å². The molecule has 0 atom stereocenters. The van der Waals surface area contributed by atoms with Crippen LogP contribution in [-0.2, 0) is 4.74 Å². The highest BCUT2D eigenvalue weighted by Crippen LogP contribution is 2.40. The van der Waals surface area contributed by atoms with Gasteiger partial charge in [-0.3, -0.25) is 14.6 Å². The fourth-order valence-electron chi connectivity index (χ4n) is 3.63. The van der Waals surface area contributed by atoms with Crippen LogP contribution in [0.1, 0.15) is 10.4 Å². The molecule has 8 nitrogen and oxygen atoms in total. The maximum Gasteiger partial charge on any atom is 0.260 e. The monoisotopic (exact) mass is 457 g/mol. The Morgan fingerprint density at radius 3 is 2.38 bits per heavy atom. The van der Waals surface area contributed by atoms with Crippen LogP contribution < -0.4 is 19.1 Å². The van der Waals surface area contributed by atoms with Gasteiger partial charge in [0.1, 0.15) is 27.5 Å². The lowest BCUT2D eigenvalue weighted by Gasteiger charge is -2.29. The molecule has 3 aromatic rings. The molecule has 0 unspecified atom stereocenters. The number of anilines is 1. The van der Waals surface area contributed by atoms with Gasteiger partial charge in [0.05, 0.1) is 34.5 Å². The number of hydrogen-bond acceptors (Lipinski definition) is 8. The highest BCUT2D eigenvalue weighted by Gasteiger charge is 2.25. The lowest BCUT2D eigenvalue weighted by Crippen LogP contribution is -2.43. The van der Waals surface area contributed by atoms with Crippen LogP contribution in [0.5, 0.6) is 17.2 Å². The van der Waals surface area contributed by atoms with Crippen molar-refractivity contribution in [2.45, 2.75) is 0 Å². The van der Waals surface area contributed by atoms with E-state index in [1.165, 1.54) is 11.3 Å². The number of thiazole rings is 1. The number of aromatic nitrogens is 1. The first kappa shape index (κ1) is 22.3. The van der Waals surface area contributed by atoms with Gasteiger partial charge < -0.3 is 18.9 Å². The molecule has 4 rings (SSSR count). The quantitative estimate of drug-likeness (QED) is 0.514. The zero-order chi connectivity index (χ0) is 22.5. The first-order chi connectivity index (χ1) is 15.6. The highest BCUT2D eigenvalue weighted by atomic mass is 32.1. The van der Waals surface area contributed by atoms with Crippen molar-refractivity contribution in [1.82, 2.24) is 9.88 Å². The number of methoxy groups -OCH3 is 3. The molecule has 0 aliphatic carbocycles. The van der Waals surface area contributed by atoms with Gasteiger partial charge in [-0.15, -0.1) is 0 Å². The Labute approximate surface area is 191 Å². The number of nitrogens with zero attached hydrogens (tertiary/aromatic N) is 3. The summed E-state index contributed by atoms with van der Waals surface area (Å²) in [5, 5.41) is 0.608. The van der Waals surface area contributed by atoms with Crippen molar-refractivity contribution in [1.29, 1.82) is 0 Å². The van der Waals surface area contributed by atoms with Crippen LogP contribution in [0, 0.1) is 0 Å². The predicted molar refractivity (Wildman–Crippen MR) is 125 cm³/mol. The number of carbonyl (C=O) groups excluding carboxylic acids is 1. The summed E-state index contributed by atoms with van der Waals surface area (Å²) in [6.07, 6.45) is 0. The lowest BCUT2D eigenvalue weighted by molar-refractivity contribution is 0.0391. The Bertz CT molecular complexity index is 1020. The maximum absolute atomic E-state index is 13.5. The summed E-state index contributed by atoms with van der Waals surface area (Å²) in [7, 11) is 4.84. The molecule has 1 aliphatic heterocycles. The van der Waals surface area contributed by atoms with E-state index in [9.17, 15) is 4.79 Å². The van der Waals surface area contributed by atoms with Gasteiger partial charge in [0.25, 0.3) is 5.91 Å². The standard InChI is InChI=1S/C23H27N3O5S/c1-28-17-6-4-16(5-7-17)22(27)26(11-10-25-12-14-31-15-13-25)23-24-20-18(29-2)8-9-19(30-3)21(20)32-23/h4-9H,10-15H2,1-3H3. The predicted octanol–water partition coefficient (Wildman–Crippen LogP) is 3.30. The Morgan fingerprint density at radius 1 is 1.03 bits per heavy atom. The van der Waals surface area contributed by atoms with Gasteiger partial charge in [-0.2, -0.15) is 0 Å². The Kier molecular flexibility index (Phi) is 7.09. The van der Waals surface area contributed by atoms with Crippen molar-refractivity contribution in [2.75, 3.05) is 65.6 Å².